The zero-order valence-corrected chi connectivity index (χ0v) is 14.8. The third-order valence-corrected chi connectivity index (χ3v) is 4.49. The number of hydrogen-bond acceptors (Lipinski definition) is 4. The number of halogens is 1. The van der Waals surface area contributed by atoms with Gasteiger partial charge in [-0.1, -0.05) is 18.2 Å². The summed E-state index contributed by atoms with van der Waals surface area (Å²) < 4.78 is 13.0. The molecule has 0 saturated heterocycles. The first-order chi connectivity index (χ1) is 12.5. The first-order valence-electron chi connectivity index (χ1n) is 7.89. The molecule has 3 rings (SSSR count). The van der Waals surface area contributed by atoms with Gasteiger partial charge in [0, 0.05) is 16.0 Å². The fourth-order valence-electron chi connectivity index (χ4n) is 2.34. The van der Waals surface area contributed by atoms with Crippen LogP contribution < -0.4 is 10.6 Å². The summed E-state index contributed by atoms with van der Waals surface area (Å²) in [6.45, 7) is 1.72. The van der Waals surface area contributed by atoms with Gasteiger partial charge in [0.2, 0.25) is 5.91 Å². The fraction of sp³-hybridized carbons (Fsp3) is 0.105. The summed E-state index contributed by atoms with van der Waals surface area (Å²) in [6, 6.07) is 14.7. The Hall–Kier alpha value is -3.06. The number of carbonyl (C=O) groups is 2. The predicted molar refractivity (Wildman–Crippen MR) is 99.6 cm³/mol. The Balaban J connectivity index is 1.60. The monoisotopic (exact) mass is 369 g/mol. The molecule has 0 bridgehead atoms. The molecule has 0 aliphatic rings. The van der Waals surface area contributed by atoms with Crippen molar-refractivity contribution in [3.8, 4) is 11.3 Å². The molecule has 1 heterocycles. The maximum atomic E-state index is 13.0. The van der Waals surface area contributed by atoms with Crippen LogP contribution in [0.4, 0.5) is 9.52 Å². The van der Waals surface area contributed by atoms with E-state index < -0.39 is 0 Å². The Kier molecular flexibility index (Phi) is 5.38. The quantitative estimate of drug-likeness (QED) is 0.721. The second-order valence-electron chi connectivity index (χ2n) is 5.53. The highest BCUT2D eigenvalue weighted by molar-refractivity contribution is 7.16. The molecule has 132 valence electrons. The first-order valence-corrected chi connectivity index (χ1v) is 8.71. The van der Waals surface area contributed by atoms with Crippen molar-refractivity contribution in [2.75, 3.05) is 11.9 Å². The molecule has 7 heteroatoms. The molecule has 3 aromatic rings. The standard InChI is InChI=1S/C19H16FN3O2S/c1-12-17(13-7-9-15(20)10-8-13)23-19(26-12)22-16(24)11-21-18(25)14-5-3-2-4-6-14/h2-10H,11H2,1H3,(H,21,25)(H,22,23,24). The van der Waals surface area contributed by atoms with Gasteiger partial charge >= 0.3 is 0 Å². The topological polar surface area (TPSA) is 71.1 Å². The molecule has 0 aliphatic carbocycles. The van der Waals surface area contributed by atoms with Gasteiger partial charge in [-0.3, -0.25) is 9.59 Å². The number of amides is 2. The van der Waals surface area contributed by atoms with Gasteiger partial charge in [-0.25, -0.2) is 9.37 Å². The predicted octanol–water partition coefficient (Wildman–Crippen LogP) is 3.63. The highest BCUT2D eigenvalue weighted by Crippen LogP contribution is 2.30. The van der Waals surface area contributed by atoms with Crippen LogP contribution in [0, 0.1) is 12.7 Å². The highest BCUT2D eigenvalue weighted by Gasteiger charge is 2.13. The lowest BCUT2D eigenvalue weighted by atomic mass is 10.1. The van der Waals surface area contributed by atoms with E-state index in [9.17, 15) is 14.0 Å². The van der Waals surface area contributed by atoms with E-state index >= 15 is 0 Å². The Morgan fingerprint density at radius 1 is 1.08 bits per heavy atom. The number of rotatable bonds is 5. The number of aromatic nitrogens is 1. The van der Waals surface area contributed by atoms with E-state index in [4.69, 9.17) is 0 Å². The van der Waals surface area contributed by atoms with Crippen molar-refractivity contribution in [1.82, 2.24) is 10.3 Å². The molecule has 0 spiro atoms. The second kappa shape index (κ2) is 7.88. The largest absolute Gasteiger partial charge is 0.343 e. The number of aryl methyl sites for hydroxylation is 1. The summed E-state index contributed by atoms with van der Waals surface area (Å²) in [5.74, 6) is -0.999. The minimum absolute atomic E-state index is 0.155. The van der Waals surface area contributed by atoms with Gasteiger partial charge in [-0.05, 0) is 43.3 Å². The van der Waals surface area contributed by atoms with Gasteiger partial charge in [0.25, 0.3) is 5.91 Å². The van der Waals surface area contributed by atoms with Crippen LogP contribution in [0.1, 0.15) is 15.2 Å². The van der Waals surface area contributed by atoms with Gasteiger partial charge in [0.1, 0.15) is 5.82 Å². The van der Waals surface area contributed by atoms with Crippen molar-refractivity contribution in [2.24, 2.45) is 0 Å². The molecule has 0 aliphatic heterocycles. The van der Waals surface area contributed by atoms with Gasteiger partial charge in [0.05, 0.1) is 12.2 Å². The van der Waals surface area contributed by atoms with Crippen LogP contribution in [-0.4, -0.2) is 23.3 Å². The van der Waals surface area contributed by atoms with Crippen LogP contribution in [0.5, 0.6) is 0 Å². The van der Waals surface area contributed by atoms with Gasteiger partial charge in [-0.2, -0.15) is 0 Å². The fourth-order valence-corrected chi connectivity index (χ4v) is 3.19. The highest BCUT2D eigenvalue weighted by atomic mass is 32.1. The third kappa shape index (κ3) is 4.31. The van der Waals surface area contributed by atoms with E-state index in [0.29, 0.717) is 16.4 Å². The van der Waals surface area contributed by atoms with Crippen LogP contribution in [0.15, 0.2) is 54.6 Å². The number of hydrogen-bond donors (Lipinski definition) is 2. The van der Waals surface area contributed by atoms with Crippen molar-refractivity contribution in [2.45, 2.75) is 6.92 Å². The normalized spacial score (nSPS) is 10.4. The number of nitrogens with zero attached hydrogens (tertiary/aromatic N) is 1. The number of carbonyl (C=O) groups excluding carboxylic acids is 2. The third-order valence-electron chi connectivity index (χ3n) is 3.61. The minimum Gasteiger partial charge on any atom is -0.343 e. The molecule has 0 saturated carbocycles. The lowest BCUT2D eigenvalue weighted by molar-refractivity contribution is -0.115. The summed E-state index contributed by atoms with van der Waals surface area (Å²) in [7, 11) is 0. The van der Waals surface area contributed by atoms with Crippen molar-refractivity contribution in [3.63, 3.8) is 0 Å². The number of benzene rings is 2. The molecular formula is C19H16FN3O2S. The first kappa shape index (κ1) is 17.8. The summed E-state index contributed by atoms with van der Waals surface area (Å²) in [5, 5.41) is 5.66. The molecular weight excluding hydrogens is 353 g/mol. The van der Waals surface area contributed by atoms with E-state index in [2.05, 4.69) is 15.6 Å². The minimum atomic E-state index is -0.367. The van der Waals surface area contributed by atoms with Crippen LogP contribution >= 0.6 is 11.3 Å². The van der Waals surface area contributed by atoms with E-state index in [0.717, 1.165) is 10.4 Å². The number of thiazole rings is 1. The average Bonchev–Trinajstić information content (AvgIpc) is 3.01. The Labute approximate surface area is 153 Å². The second-order valence-corrected chi connectivity index (χ2v) is 6.73. The smallest absolute Gasteiger partial charge is 0.251 e. The zero-order valence-electron chi connectivity index (χ0n) is 14.0. The molecule has 0 fully saturated rings. The summed E-state index contributed by atoms with van der Waals surface area (Å²) in [6.07, 6.45) is 0. The molecule has 2 amide bonds. The van der Waals surface area contributed by atoms with Crippen molar-refractivity contribution in [1.29, 1.82) is 0 Å². The SMILES string of the molecule is Cc1sc(NC(=O)CNC(=O)c2ccccc2)nc1-c1ccc(F)cc1. The van der Waals surface area contributed by atoms with E-state index in [1.807, 2.05) is 13.0 Å². The van der Waals surface area contributed by atoms with E-state index in [1.54, 1.807) is 36.4 Å². The lowest BCUT2D eigenvalue weighted by Crippen LogP contribution is -2.32. The Morgan fingerprint density at radius 3 is 2.46 bits per heavy atom. The number of nitrogens with one attached hydrogen (secondary N) is 2. The molecule has 26 heavy (non-hydrogen) atoms. The van der Waals surface area contributed by atoms with E-state index in [-0.39, 0.29) is 24.2 Å². The van der Waals surface area contributed by atoms with Crippen molar-refractivity contribution in [3.05, 3.63) is 70.9 Å². The maximum absolute atomic E-state index is 13.0. The summed E-state index contributed by atoms with van der Waals surface area (Å²) >= 11 is 1.32. The van der Waals surface area contributed by atoms with Crippen LogP contribution in [-0.2, 0) is 4.79 Å². The van der Waals surface area contributed by atoms with E-state index in [1.165, 1.54) is 23.5 Å². The van der Waals surface area contributed by atoms with Crippen LogP contribution in [0.25, 0.3) is 11.3 Å². The Bertz CT molecular complexity index is 924. The number of anilines is 1. The lowest BCUT2D eigenvalue weighted by Gasteiger charge is -2.05. The summed E-state index contributed by atoms with van der Waals surface area (Å²) in [4.78, 5) is 29.3. The van der Waals surface area contributed by atoms with Crippen molar-refractivity contribution >= 4 is 28.3 Å². The molecule has 2 aromatic carbocycles. The average molecular weight is 369 g/mol. The van der Waals surface area contributed by atoms with Gasteiger partial charge in [0.15, 0.2) is 5.13 Å². The summed E-state index contributed by atoms with van der Waals surface area (Å²) in [5.41, 5.74) is 1.96. The Morgan fingerprint density at radius 2 is 1.77 bits per heavy atom. The molecule has 5 nitrogen and oxygen atoms in total. The van der Waals surface area contributed by atoms with Crippen LogP contribution in [0.3, 0.4) is 0 Å². The van der Waals surface area contributed by atoms with Gasteiger partial charge in [-0.15, -0.1) is 11.3 Å². The zero-order chi connectivity index (χ0) is 18.5. The van der Waals surface area contributed by atoms with Gasteiger partial charge < -0.3 is 10.6 Å². The van der Waals surface area contributed by atoms with Crippen molar-refractivity contribution < 1.29 is 14.0 Å². The molecule has 1 aromatic heterocycles. The molecule has 2 N–H and O–H groups in total. The molecule has 0 unspecified atom stereocenters. The molecule has 0 atom stereocenters. The van der Waals surface area contributed by atoms with Crippen LogP contribution in [0.2, 0.25) is 0 Å². The maximum Gasteiger partial charge on any atom is 0.251 e. The molecule has 0 radical (unpaired) electrons.